The fourth-order valence-corrected chi connectivity index (χ4v) is 2.00. The summed E-state index contributed by atoms with van der Waals surface area (Å²) in [7, 11) is 1.04. The van der Waals surface area contributed by atoms with Gasteiger partial charge < -0.3 is 19.9 Å². The van der Waals surface area contributed by atoms with Crippen LogP contribution in [0.15, 0.2) is 12.1 Å². The average Bonchev–Trinajstić information content (AvgIpc) is 2.55. The first-order valence-electron chi connectivity index (χ1n) is 7.31. The molecule has 2 N–H and O–H groups in total. The van der Waals surface area contributed by atoms with Gasteiger partial charge in [-0.15, -0.1) is 0 Å². The van der Waals surface area contributed by atoms with Crippen molar-refractivity contribution in [1.82, 2.24) is 0 Å². The van der Waals surface area contributed by atoms with Crippen LogP contribution in [0.2, 0.25) is 0 Å². The van der Waals surface area contributed by atoms with E-state index in [2.05, 4.69) is 4.74 Å². The molecule has 0 fully saturated rings. The van der Waals surface area contributed by atoms with E-state index in [1.54, 1.807) is 13.8 Å². The summed E-state index contributed by atoms with van der Waals surface area (Å²) in [6, 6.07) is 2.02. The molecule has 10 nitrogen and oxygen atoms in total. The number of nitrogens with zero attached hydrogens (tertiary/aromatic N) is 1. The largest absolute Gasteiger partial charge is 0.465 e. The number of anilines is 1. The highest BCUT2D eigenvalue weighted by atomic mass is 16.6. The smallest absolute Gasteiger partial charge is 0.344 e. The number of nitrogen functional groups attached to an aromatic ring is 1. The molecule has 25 heavy (non-hydrogen) atoms. The Balaban J connectivity index is 3.26. The fraction of sp³-hybridized carbons (Fsp3) is 0.400. The summed E-state index contributed by atoms with van der Waals surface area (Å²) in [5.41, 5.74) is 4.11. The van der Waals surface area contributed by atoms with Crippen LogP contribution in [-0.4, -0.2) is 36.5 Å². The molecule has 0 spiro atoms. The van der Waals surface area contributed by atoms with Gasteiger partial charge in [0.2, 0.25) is 0 Å². The van der Waals surface area contributed by atoms with Crippen molar-refractivity contribution < 1.29 is 33.5 Å². The number of rotatable bonds is 7. The van der Waals surface area contributed by atoms with Gasteiger partial charge in [0.25, 0.3) is 5.69 Å². The molecule has 1 atom stereocenters. The molecule has 1 unspecified atom stereocenters. The molecular formula is C15H18N2O8. The van der Waals surface area contributed by atoms with Crippen LogP contribution in [0.25, 0.3) is 0 Å². The van der Waals surface area contributed by atoms with Crippen LogP contribution in [0.1, 0.15) is 30.6 Å². The minimum atomic E-state index is -1.21. The first-order valence-corrected chi connectivity index (χ1v) is 7.31. The lowest BCUT2D eigenvalue weighted by Gasteiger charge is -2.15. The van der Waals surface area contributed by atoms with Gasteiger partial charge in [-0.2, -0.15) is 0 Å². The van der Waals surface area contributed by atoms with E-state index in [0.717, 1.165) is 19.2 Å². The second-order valence-electron chi connectivity index (χ2n) is 4.75. The molecule has 1 rings (SSSR count). The Labute approximate surface area is 143 Å². The van der Waals surface area contributed by atoms with E-state index in [1.807, 2.05) is 0 Å². The zero-order valence-electron chi connectivity index (χ0n) is 13.9. The zero-order valence-corrected chi connectivity index (χ0v) is 13.9. The van der Waals surface area contributed by atoms with E-state index < -0.39 is 45.7 Å². The molecule has 0 bridgehead atoms. The van der Waals surface area contributed by atoms with Gasteiger partial charge in [0, 0.05) is 6.07 Å². The zero-order chi connectivity index (χ0) is 19.1. The highest BCUT2D eigenvalue weighted by Gasteiger charge is 2.31. The number of methoxy groups -OCH3 is 1. The normalized spacial score (nSPS) is 11.3. The van der Waals surface area contributed by atoms with E-state index in [9.17, 15) is 24.5 Å². The van der Waals surface area contributed by atoms with Crippen molar-refractivity contribution in [1.29, 1.82) is 0 Å². The number of hydrogen-bond acceptors (Lipinski definition) is 9. The topological polar surface area (TPSA) is 148 Å². The van der Waals surface area contributed by atoms with E-state index in [0.29, 0.717) is 0 Å². The van der Waals surface area contributed by atoms with Crippen molar-refractivity contribution in [2.45, 2.75) is 20.3 Å². The number of esters is 3. The molecule has 1 aromatic carbocycles. The van der Waals surface area contributed by atoms with Gasteiger partial charge in [-0.25, -0.2) is 4.79 Å². The average molecular weight is 354 g/mol. The Hall–Kier alpha value is -3.17. The molecule has 0 aliphatic carbocycles. The first kappa shape index (κ1) is 19.9. The molecule has 0 amide bonds. The van der Waals surface area contributed by atoms with Crippen molar-refractivity contribution in [2.75, 3.05) is 19.5 Å². The minimum Gasteiger partial charge on any atom is -0.465 e. The maximum absolute atomic E-state index is 12.2. The lowest BCUT2D eigenvalue weighted by atomic mass is 10.1. The third kappa shape index (κ3) is 4.43. The van der Waals surface area contributed by atoms with E-state index in [-0.39, 0.29) is 18.8 Å². The lowest BCUT2D eigenvalue weighted by molar-refractivity contribution is -0.383. The van der Waals surface area contributed by atoms with Gasteiger partial charge in [0.1, 0.15) is 17.0 Å². The summed E-state index contributed by atoms with van der Waals surface area (Å²) in [5.74, 6) is -4.32. The number of nitrogens with two attached hydrogens (primary N) is 1. The van der Waals surface area contributed by atoms with Crippen molar-refractivity contribution in [3.63, 3.8) is 0 Å². The molecule has 0 aliphatic rings. The van der Waals surface area contributed by atoms with E-state index in [4.69, 9.17) is 15.2 Å². The van der Waals surface area contributed by atoms with E-state index in [1.165, 1.54) is 0 Å². The highest BCUT2D eigenvalue weighted by molar-refractivity contribution is 6.02. The van der Waals surface area contributed by atoms with Gasteiger partial charge in [-0.1, -0.05) is 6.92 Å². The van der Waals surface area contributed by atoms with Crippen LogP contribution in [0.5, 0.6) is 5.75 Å². The third-order valence-electron chi connectivity index (χ3n) is 3.24. The van der Waals surface area contributed by atoms with Gasteiger partial charge in [0.05, 0.1) is 18.6 Å². The van der Waals surface area contributed by atoms with E-state index >= 15 is 0 Å². The summed E-state index contributed by atoms with van der Waals surface area (Å²) >= 11 is 0. The van der Waals surface area contributed by atoms with Gasteiger partial charge >= 0.3 is 17.9 Å². The van der Waals surface area contributed by atoms with Crippen LogP contribution in [0.3, 0.4) is 0 Å². The Morgan fingerprint density at radius 2 is 1.88 bits per heavy atom. The van der Waals surface area contributed by atoms with Crippen molar-refractivity contribution in [3.05, 3.63) is 27.8 Å². The number of nitro benzene ring substituents is 1. The Kier molecular flexibility index (Phi) is 6.85. The third-order valence-corrected chi connectivity index (χ3v) is 3.24. The molecular weight excluding hydrogens is 336 g/mol. The van der Waals surface area contributed by atoms with Crippen LogP contribution >= 0.6 is 0 Å². The van der Waals surface area contributed by atoms with Crippen LogP contribution < -0.4 is 10.5 Å². The first-order chi connectivity index (χ1) is 11.8. The van der Waals surface area contributed by atoms with Gasteiger partial charge in [0.15, 0.2) is 5.92 Å². The molecule has 136 valence electrons. The maximum Gasteiger partial charge on any atom is 0.344 e. The number of carbonyl (C=O) groups excluding carboxylic acids is 3. The second-order valence-corrected chi connectivity index (χ2v) is 4.75. The monoisotopic (exact) mass is 354 g/mol. The Bertz CT molecular complexity index is 701. The van der Waals surface area contributed by atoms with Gasteiger partial charge in [-0.3, -0.25) is 19.7 Å². The number of benzene rings is 1. The maximum atomic E-state index is 12.2. The minimum absolute atomic E-state index is 0.0838. The van der Waals surface area contributed by atoms with Crippen LogP contribution in [0.4, 0.5) is 11.4 Å². The predicted octanol–water partition coefficient (Wildman–Crippen LogP) is 1.46. The molecule has 0 aromatic heterocycles. The summed E-state index contributed by atoms with van der Waals surface area (Å²) in [5, 5.41) is 10.9. The predicted molar refractivity (Wildman–Crippen MR) is 84.9 cm³/mol. The Morgan fingerprint density at radius 1 is 1.24 bits per heavy atom. The number of carbonyl (C=O) groups is 3. The molecule has 0 saturated carbocycles. The lowest BCUT2D eigenvalue weighted by Crippen LogP contribution is -2.30. The summed E-state index contributed by atoms with van der Waals surface area (Å²) in [6.45, 7) is 3.25. The summed E-state index contributed by atoms with van der Waals surface area (Å²) in [4.78, 5) is 46.0. The number of hydrogen-bond donors (Lipinski definition) is 1. The number of nitro groups is 1. The molecule has 0 saturated heterocycles. The molecule has 0 heterocycles. The quantitative estimate of drug-likeness (QED) is 0.192. The number of ether oxygens (including phenoxy) is 3. The molecule has 1 aromatic rings. The van der Waals surface area contributed by atoms with Crippen molar-refractivity contribution in [3.8, 4) is 5.75 Å². The summed E-state index contributed by atoms with van der Waals surface area (Å²) < 4.78 is 14.4. The molecule has 0 radical (unpaired) electrons. The van der Waals surface area contributed by atoms with Gasteiger partial charge in [-0.05, 0) is 19.4 Å². The van der Waals surface area contributed by atoms with Crippen LogP contribution in [-0.2, 0) is 19.1 Å². The van der Waals surface area contributed by atoms with Crippen molar-refractivity contribution >= 4 is 29.3 Å². The molecule has 0 aliphatic heterocycles. The highest BCUT2D eigenvalue weighted by Crippen LogP contribution is 2.33. The standard InChI is InChI=1S/C15H18N2O8/c1-4-8(13(18)24-5-2)14(19)25-10-7-6-9(17(21)22)12(16)11(10)15(20)23-3/h6-8H,4-5,16H2,1-3H3. The molecule has 10 heteroatoms. The second kappa shape index (κ2) is 8.62. The summed E-state index contributed by atoms with van der Waals surface area (Å²) in [6.07, 6.45) is 0.105. The van der Waals surface area contributed by atoms with Crippen molar-refractivity contribution in [2.24, 2.45) is 5.92 Å². The SMILES string of the molecule is CCOC(=O)C(CC)C(=O)Oc1ccc([N+](=O)[O-])c(N)c1C(=O)OC. The fourth-order valence-electron chi connectivity index (χ4n) is 2.00. The van der Waals surface area contributed by atoms with Crippen LogP contribution in [0, 0.1) is 16.0 Å². The Morgan fingerprint density at radius 3 is 2.36 bits per heavy atom.